The minimum atomic E-state index is -0.256. The summed E-state index contributed by atoms with van der Waals surface area (Å²) in [5, 5.41) is 3.33. The molecule has 0 radical (unpaired) electrons. The highest BCUT2D eigenvalue weighted by Gasteiger charge is 2.35. The first-order valence-corrected chi connectivity index (χ1v) is 8.80. The molecule has 0 saturated carbocycles. The van der Waals surface area contributed by atoms with E-state index in [9.17, 15) is 14.0 Å². The van der Waals surface area contributed by atoms with Gasteiger partial charge in [-0.1, -0.05) is 24.3 Å². The molecule has 0 bridgehead atoms. The maximum Gasteiger partial charge on any atom is 0.261 e. The molecule has 26 heavy (non-hydrogen) atoms. The number of imide groups is 1. The molecule has 1 N–H and O–H groups in total. The number of nitrogens with zero attached hydrogens (tertiary/aromatic N) is 2. The lowest BCUT2D eigenvalue weighted by Crippen LogP contribution is -2.49. The number of halogens is 1. The van der Waals surface area contributed by atoms with Crippen molar-refractivity contribution < 1.29 is 14.0 Å². The lowest BCUT2D eigenvalue weighted by molar-refractivity contribution is 0.0614. The average Bonchev–Trinajstić information content (AvgIpc) is 2.91. The summed E-state index contributed by atoms with van der Waals surface area (Å²) < 4.78 is 13.6. The Hall–Kier alpha value is -2.57. The highest BCUT2D eigenvalue weighted by atomic mass is 19.1. The monoisotopic (exact) mass is 353 g/mol. The van der Waals surface area contributed by atoms with Crippen LogP contribution < -0.4 is 5.32 Å². The molecule has 4 rings (SSSR count). The van der Waals surface area contributed by atoms with Gasteiger partial charge in [-0.05, 0) is 29.8 Å². The zero-order chi connectivity index (χ0) is 18.1. The summed E-state index contributed by atoms with van der Waals surface area (Å²) in [7, 11) is 0. The van der Waals surface area contributed by atoms with Gasteiger partial charge in [0.05, 0.1) is 11.1 Å². The molecular formula is C20H20FN3O2. The maximum absolute atomic E-state index is 13.6. The zero-order valence-electron chi connectivity index (χ0n) is 14.3. The van der Waals surface area contributed by atoms with Crippen LogP contribution in [0, 0.1) is 5.82 Å². The predicted octanol–water partition coefficient (Wildman–Crippen LogP) is 2.07. The number of fused-ring (bicyclic) bond motifs is 1. The van der Waals surface area contributed by atoms with E-state index in [0.717, 1.165) is 18.7 Å². The van der Waals surface area contributed by atoms with E-state index in [1.54, 1.807) is 36.4 Å². The largest absolute Gasteiger partial charge is 0.314 e. The number of piperazine rings is 1. The molecule has 2 aromatic carbocycles. The van der Waals surface area contributed by atoms with Gasteiger partial charge in [-0.15, -0.1) is 0 Å². The summed E-state index contributed by atoms with van der Waals surface area (Å²) in [6.45, 7) is 3.22. The SMILES string of the molecule is O=C1c2ccccc2C(=O)N1CCN1CCNCC1c1cccc(F)c1. The van der Waals surface area contributed by atoms with Gasteiger partial charge >= 0.3 is 0 Å². The van der Waals surface area contributed by atoms with Crippen LogP contribution in [0.2, 0.25) is 0 Å². The highest BCUT2D eigenvalue weighted by molar-refractivity contribution is 6.21. The lowest BCUT2D eigenvalue weighted by atomic mass is 10.0. The van der Waals surface area contributed by atoms with Crippen molar-refractivity contribution in [2.24, 2.45) is 0 Å². The first-order chi connectivity index (χ1) is 12.6. The van der Waals surface area contributed by atoms with Crippen LogP contribution in [0.3, 0.4) is 0 Å². The summed E-state index contributed by atoms with van der Waals surface area (Å²) >= 11 is 0. The smallest absolute Gasteiger partial charge is 0.261 e. The Morgan fingerprint density at radius 1 is 1.00 bits per heavy atom. The van der Waals surface area contributed by atoms with Crippen molar-refractivity contribution in [2.45, 2.75) is 6.04 Å². The summed E-state index contributed by atoms with van der Waals surface area (Å²) in [6, 6.07) is 13.5. The Balaban J connectivity index is 1.48. The van der Waals surface area contributed by atoms with Gasteiger partial charge < -0.3 is 5.32 Å². The number of carbonyl (C=O) groups excluding carboxylic acids is 2. The summed E-state index contributed by atoms with van der Waals surface area (Å²) in [5.74, 6) is -0.723. The normalized spacial score (nSPS) is 20.5. The van der Waals surface area contributed by atoms with Crippen molar-refractivity contribution in [3.05, 3.63) is 71.0 Å². The second-order valence-electron chi connectivity index (χ2n) is 6.62. The van der Waals surface area contributed by atoms with Gasteiger partial charge in [-0.25, -0.2) is 4.39 Å². The first kappa shape index (κ1) is 16.9. The van der Waals surface area contributed by atoms with Crippen molar-refractivity contribution >= 4 is 11.8 Å². The lowest BCUT2D eigenvalue weighted by Gasteiger charge is -2.37. The van der Waals surface area contributed by atoms with E-state index in [2.05, 4.69) is 10.2 Å². The molecule has 2 heterocycles. The van der Waals surface area contributed by atoms with Crippen LogP contribution in [0.5, 0.6) is 0 Å². The minimum absolute atomic E-state index is 0.0228. The van der Waals surface area contributed by atoms with Crippen molar-refractivity contribution in [1.29, 1.82) is 0 Å². The van der Waals surface area contributed by atoms with Crippen LogP contribution in [0.4, 0.5) is 4.39 Å². The summed E-state index contributed by atoms with van der Waals surface area (Å²) in [4.78, 5) is 28.5. The molecule has 2 aliphatic rings. The van der Waals surface area contributed by atoms with Crippen molar-refractivity contribution in [1.82, 2.24) is 15.1 Å². The number of carbonyl (C=O) groups is 2. The maximum atomic E-state index is 13.6. The molecule has 0 spiro atoms. The van der Waals surface area contributed by atoms with Crippen molar-refractivity contribution in [3.63, 3.8) is 0 Å². The molecule has 6 heteroatoms. The number of nitrogens with one attached hydrogen (secondary N) is 1. The van der Waals surface area contributed by atoms with Gasteiger partial charge in [0, 0.05) is 38.8 Å². The van der Waals surface area contributed by atoms with Crippen molar-refractivity contribution in [3.8, 4) is 0 Å². The summed E-state index contributed by atoms with van der Waals surface area (Å²) in [6.07, 6.45) is 0. The number of hydrogen-bond donors (Lipinski definition) is 1. The van der Waals surface area contributed by atoms with Gasteiger partial charge in [0.25, 0.3) is 11.8 Å². The Morgan fingerprint density at radius 2 is 1.73 bits per heavy atom. The van der Waals surface area contributed by atoms with Gasteiger partial charge in [0.1, 0.15) is 5.82 Å². The molecule has 5 nitrogen and oxygen atoms in total. The van der Waals surface area contributed by atoms with Gasteiger partial charge in [0.15, 0.2) is 0 Å². The molecule has 0 aliphatic carbocycles. The molecular weight excluding hydrogens is 333 g/mol. The van der Waals surface area contributed by atoms with E-state index >= 15 is 0 Å². The number of rotatable bonds is 4. The van der Waals surface area contributed by atoms with Crippen LogP contribution in [0.1, 0.15) is 32.3 Å². The predicted molar refractivity (Wildman–Crippen MR) is 95.4 cm³/mol. The van der Waals surface area contributed by atoms with Crippen LogP contribution in [0.25, 0.3) is 0 Å². The van der Waals surface area contributed by atoms with Crippen LogP contribution in [-0.2, 0) is 0 Å². The number of hydrogen-bond acceptors (Lipinski definition) is 4. The number of benzene rings is 2. The third-order valence-electron chi connectivity index (χ3n) is 5.08. The molecule has 134 valence electrons. The molecule has 2 aromatic rings. The average molecular weight is 353 g/mol. The van der Waals surface area contributed by atoms with Crippen molar-refractivity contribution in [2.75, 3.05) is 32.7 Å². The summed E-state index contributed by atoms with van der Waals surface area (Å²) in [5.41, 5.74) is 1.85. The number of amides is 2. The van der Waals surface area contributed by atoms with E-state index in [-0.39, 0.29) is 23.7 Å². The molecule has 2 amide bonds. The fraction of sp³-hybridized carbons (Fsp3) is 0.300. The van der Waals surface area contributed by atoms with E-state index in [4.69, 9.17) is 0 Å². The third-order valence-corrected chi connectivity index (χ3v) is 5.08. The van der Waals surface area contributed by atoms with Gasteiger partial charge in [-0.2, -0.15) is 0 Å². The van der Waals surface area contributed by atoms with Crippen LogP contribution >= 0.6 is 0 Å². The molecule has 2 aliphatic heterocycles. The molecule has 1 fully saturated rings. The molecule has 1 unspecified atom stereocenters. The third kappa shape index (κ3) is 3.02. The fourth-order valence-electron chi connectivity index (χ4n) is 3.73. The zero-order valence-corrected chi connectivity index (χ0v) is 14.3. The Bertz CT molecular complexity index is 819. The van der Waals surface area contributed by atoms with Gasteiger partial charge in [-0.3, -0.25) is 19.4 Å². The molecule has 1 atom stereocenters. The Morgan fingerprint density at radius 3 is 2.42 bits per heavy atom. The second-order valence-corrected chi connectivity index (χ2v) is 6.62. The fourth-order valence-corrected chi connectivity index (χ4v) is 3.73. The minimum Gasteiger partial charge on any atom is -0.314 e. The Kier molecular flexibility index (Phi) is 4.53. The van der Waals surface area contributed by atoms with E-state index < -0.39 is 0 Å². The van der Waals surface area contributed by atoms with Gasteiger partial charge in [0.2, 0.25) is 0 Å². The first-order valence-electron chi connectivity index (χ1n) is 8.80. The quantitative estimate of drug-likeness (QED) is 0.855. The molecule has 0 aromatic heterocycles. The van der Waals surface area contributed by atoms with Crippen LogP contribution in [-0.4, -0.2) is 54.3 Å². The van der Waals surface area contributed by atoms with Crippen LogP contribution in [0.15, 0.2) is 48.5 Å². The van der Waals surface area contributed by atoms with E-state index in [1.165, 1.54) is 11.0 Å². The topological polar surface area (TPSA) is 52.7 Å². The van der Waals surface area contributed by atoms with E-state index in [1.807, 2.05) is 6.07 Å². The standard InChI is InChI=1S/C20H20FN3O2/c21-15-5-3-4-14(12-15)18-13-22-8-9-23(18)10-11-24-19(25)16-6-1-2-7-17(16)20(24)26/h1-7,12,18,22H,8-11,13H2. The highest BCUT2D eigenvalue weighted by Crippen LogP contribution is 2.25. The molecule has 1 saturated heterocycles. The van der Waals surface area contributed by atoms with E-state index in [0.29, 0.717) is 30.8 Å². The second kappa shape index (κ2) is 6.97. The Labute approximate surface area is 151 Å².